The number of amidine groups is 1. The van der Waals surface area contributed by atoms with Crippen LogP contribution in [-0.2, 0) is 4.79 Å². The number of benzene rings is 1. The van der Waals surface area contributed by atoms with Crippen LogP contribution >= 0.6 is 11.8 Å². The van der Waals surface area contributed by atoms with E-state index in [0.29, 0.717) is 22.3 Å². The van der Waals surface area contributed by atoms with E-state index in [-0.39, 0.29) is 11.7 Å². The zero-order chi connectivity index (χ0) is 16.2. The predicted molar refractivity (Wildman–Crippen MR) is 92.4 cm³/mol. The molecule has 116 valence electrons. The molecule has 0 unspecified atom stereocenters. The van der Waals surface area contributed by atoms with E-state index in [0.717, 1.165) is 5.69 Å². The van der Waals surface area contributed by atoms with Gasteiger partial charge in [-0.1, -0.05) is 6.07 Å². The Morgan fingerprint density at radius 1 is 1.26 bits per heavy atom. The molecular weight excluding hydrogens is 310 g/mol. The van der Waals surface area contributed by atoms with Crippen LogP contribution in [0.3, 0.4) is 0 Å². The Kier molecular flexibility index (Phi) is 4.43. The summed E-state index contributed by atoms with van der Waals surface area (Å²) in [5.41, 5.74) is 1.43. The van der Waals surface area contributed by atoms with Crippen LogP contribution < -0.4 is 0 Å². The van der Waals surface area contributed by atoms with Crippen molar-refractivity contribution in [1.29, 1.82) is 0 Å². The molecule has 1 aromatic carbocycles. The van der Waals surface area contributed by atoms with Crippen molar-refractivity contribution in [2.45, 2.75) is 6.92 Å². The molecule has 0 saturated carbocycles. The van der Waals surface area contributed by atoms with Gasteiger partial charge in [0.15, 0.2) is 5.17 Å². The van der Waals surface area contributed by atoms with Crippen LogP contribution in [0.25, 0.3) is 6.08 Å². The number of aliphatic imine (C=N–C) groups is 1. The van der Waals surface area contributed by atoms with Gasteiger partial charge in [0.1, 0.15) is 5.75 Å². The van der Waals surface area contributed by atoms with Gasteiger partial charge in [0, 0.05) is 12.7 Å². The summed E-state index contributed by atoms with van der Waals surface area (Å²) in [5, 5.41) is 9.96. The van der Waals surface area contributed by atoms with Crippen molar-refractivity contribution in [2.75, 3.05) is 6.54 Å². The molecule has 2 heterocycles. The fourth-order valence-corrected chi connectivity index (χ4v) is 3.15. The average molecular weight is 325 g/mol. The van der Waals surface area contributed by atoms with Crippen molar-refractivity contribution in [1.82, 2.24) is 9.88 Å². The van der Waals surface area contributed by atoms with Gasteiger partial charge in [0.05, 0.1) is 16.3 Å². The number of hydrogen-bond donors (Lipinski definition) is 1. The molecule has 23 heavy (non-hydrogen) atoms. The first-order valence-corrected chi connectivity index (χ1v) is 7.99. The molecule has 1 N–H and O–H groups in total. The Morgan fingerprint density at radius 3 is 2.70 bits per heavy atom. The van der Waals surface area contributed by atoms with E-state index in [9.17, 15) is 9.90 Å². The number of likely N-dealkylation sites (N-methyl/N-ethyl adjacent to an activating group) is 1. The summed E-state index contributed by atoms with van der Waals surface area (Å²) in [6, 6.07) is 12.1. The minimum absolute atomic E-state index is 0.0688. The van der Waals surface area contributed by atoms with Crippen LogP contribution in [0.15, 0.2) is 58.6 Å². The third kappa shape index (κ3) is 3.43. The van der Waals surface area contributed by atoms with Gasteiger partial charge in [-0.05, 0) is 61.2 Å². The van der Waals surface area contributed by atoms with Crippen LogP contribution in [0.4, 0.5) is 5.69 Å². The first kappa shape index (κ1) is 15.3. The molecule has 1 fully saturated rings. The van der Waals surface area contributed by atoms with E-state index in [4.69, 9.17) is 0 Å². The van der Waals surface area contributed by atoms with E-state index in [2.05, 4.69) is 9.98 Å². The SMILES string of the molecule is CCN1C(=O)/C(=C/c2ccccn2)SC1=Nc1ccc(O)cc1. The second-order valence-electron chi connectivity index (χ2n) is 4.83. The van der Waals surface area contributed by atoms with Gasteiger partial charge in [-0.3, -0.25) is 14.7 Å². The number of amides is 1. The van der Waals surface area contributed by atoms with Gasteiger partial charge in [0.2, 0.25) is 0 Å². The lowest BCUT2D eigenvalue weighted by molar-refractivity contribution is -0.122. The number of aromatic nitrogens is 1. The number of aromatic hydroxyl groups is 1. The lowest BCUT2D eigenvalue weighted by atomic mass is 10.3. The molecule has 1 aliphatic heterocycles. The fraction of sp³-hybridized carbons (Fsp3) is 0.118. The number of phenols is 1. The largest absolute Gasteiger partial charge is 0.508 e. The molecule has 0 aliphatic carbocycles. The van der Waals surface area contributed by atoms with Crippen molar-refractivity contribution >= 4 is 34.6 Å². The molecule has 2 aromatic rings. The normalized spacial score (nSPS) is 18.1. The third-order valence-electron chi connectivity index (χ3n) is 3.25. The Balaban J connectivity index is 1.91. The lowest BCUT2D eigenvalue weighted by Crippen LogP contribution is -2.28. The quantitative estimate of drug-likeness (QED) is 0.878. The van der Waals surface area contributed by atoms with Crippen LogP contribution in [0.5, 0.6) is 5.75 Å². The summed E-state index contributed by atoms with van der Waals surface area (Å²) >= 11 is 1.33. The zero-order valence-corrected chi connectivity index (χ0v) is 13.3. The first-order valence-electron chi connectivity index (χ1n) is 7.17. The third-order valence-corrected chi connectivity index (χ3v) is 4.25. The van der Waals surface area contributed by atoms with Crippen molar-refractivity contribution < 1.29 is 9.90 Å². The molecule has 0 radical (unpaired) electrons. The van der Waals surface area contributed by atoms with E-state index in [1.165, 1.54) is 11.8 Å². The minimum atomic E-state index is -0.0688. The van der Waals surface area contributed by atoms with Crippen molar-refractivity contribution in [3.05, 3.63) is 59.3 Å². The topological polar surface area (TPSA) is 65.8 Å². The molecule has 1 saturated heterocycles. The summed E-state index contributed by atoms with van der Waals surface area (Å²) in [6.07, 6.45) is 3.47. The number of rotatable bonds is 3. The molecule has 1 aromatic heterocycles. The number of nitrogens with zero attached hydrogens (tertiary/aromatic N) is 3. The first-order chi connectivity index (χ1) is 11.2. The number of carbonyl (C=O) groups excluding carboxylic acids is 1. The average Bonchev–Trinajstić information content (AvgIpc) is 2.85. The van der Waals surface area contributed by atoms with Gasteiger partial charge in [-0.25, -0.2) is 4.99 Å². The standard InChI is InChI=1S/C17H15N3O2S/c1-2-20-16(22)15(11-13-5-3-4-10-18-13)23-17(20)19-12-6-8-14(21)9-7-12/h3-11,21H,2H2,1H3/b15-11-,19-17?. The number of phenolic OH excluding ortho intramolecular Hbond substituents is 1. The van der Waals surface area contributed by atoms with Crippen LogP contribution in [0, 0.1) is 0 Å². The van der Waals surface area contributed by atoms with Gasteiger partial charge in [0.25, 0.3) is 5.91 Å². The van der Waals surface area contributed by atoms with E-state index >= 15 is 0 Å². The highest BCUT2D eigenvalue weighted by Gasteiger charge is 2.32. The van der Waals surface area contributed by atoms with E-state index in [1.807, 2.05) is 25.1 Å². The number of carbonyl (C=O) groups is 1. The highest BCUT2D eigenvalue weighted by atomic mass is 32.2. The molecule has 1 aliphatic rings. The number of thioether (sulfide) groups is 1. The maximum Gasteiger partial charge on any atom is 0.266 e. The number of pyridine rings is 1. The maximum atomic E-state index is 12.5. The van der Waals surface area contributed by atoms with Gasteiger partial charge in [-0.2, -0.15) is 0 Å². The van der Waals surface area contributed by atoms with Gasteiger partial charge in [-0.15, -0.1) is 0 Å². The Hall–Kier alpha value is -2.60. The Bertz CT molecular complexity index is 770. The highest BCUT2D eigenvalue weighted by molar-refractivity contribution is 8.18. The van der Waals surface area contributed by atoms with Crippen LogP contribution in [-0.4, -0.2) is 32.6 Å². The summed E-state index contributed by atoms with van der Waals surface area (Å²) < 4.78 is 0. The molecule has 0 bridgehead atoms. The fourth-order valence-electron chi connectivity index (χ4n) is 2.10. The monoisotopic (exact) mass is 325 g/mol. The molecule has 3 rings (SSSR count). The van der Waals surface area contributed by atoms with Crippen molar-refractivity contribution in [3.63, 3.8) is 0 Å². The lowest BCUT2D eigenvalue weighted by Gasteiger charge is -2.11. The predicted octanol–water partition coefficient (Wildman–Crippen LogP) is 3.41. The molecular formula is C17H15N3O2S. The smallest absolute Gasteiger partial charge is 0.266 e. The van der Waals surface area contributed by atoms with Crippen molar-refractivity contribution in [2.24, 2.45) is 4.99 Å². The summed E-state index contributed by atoms with van der Waals surface area (Å²) in [6.45, 7) is 2.46. The Labute approximate surface area is 138 Å². The maximum absolute atomic E-state index is 12.5. The molecule has 6 heteroatoms. The van der Waals surface area contributed by atoms with Crippen LogP contribution in [0.1, 0.15) is 12.6 Å². The summed E-state index contributed by atoms with van der Waals surface area (Å²) in [5.74, 6) is 0.118. The Morgan fingerprint density at radius 2 is 2.04 bits per heavy atom. The second-order valence-corrected chi connectivity index (χ2v) is 5.83. The molecule has 5 nitrogen and oxygen atoms in total. The molecule has 0 spiro atoms. The molecule has 0 atom stereocenters. The minimum Gasteiger partial charge on any atom is -0.508 e. The van der Waals surface area contributed by atoms with E-state index < -0.39 is 0 Å². The van der Waals surface area contributed by atoms with Crippen molar-refractivity contribution in [3.8, 4) is 5.75 Å². The highest BCUT2D eigenvalue weighted by Crippen LogP contribution is 2.33. The second kappa shape index (κ2) is 6.66. The summed E-state index contributed by atoms with van der Waals surface area (Å²) in [4.78, 5) is 23.4. The van der Waals surface area contributed by atoms with Crippen LogP contribution in [0.2, 0.25) is 0 Å². The zero-order valence-electron chi connectivity index (χ0n) is 12.5. The van der Waals surface area contributed by atoms with E-state index in [1.54, 1.807) is 41.4 Å². The number of hydrogen-bond acceptors (Lipinski definition) is 5. The van der Waals surface area contributed by atoms with Gasteiger partial charge >= 0.3 is 0 Å². The van der Waals surface area contributed by atoms with Gasteiger partial charge < -0.3 is 5.11 Å². The summed E-state index contributed by atoms with van der Waals surface area (Å²) in [7, 11) is 0. The molecule has 1 amide bonds.